The van der Waals surface area contributed by atoms with Crippen molar-refractivity contribution in [3.63, 3.8) is 0 Å². The van der Waals surface area contributed by atoms with Gasteiger partial charge in [0.15, 0.2) is 0 Å². The Kier molecular flexibility index (Phi) is 8.03. The predicted octanol–water partition coefficient (Wildman–Crippen LogP) is 3.49. The second-order valence-corrected chi connectivity index (χ2v) is 3.23. The zero-order valence-electron chi connectivity index (χ0n) is 8.98. The Balaban J connectivity index is 0. The van der Waals surface area contributed by atoms with E-state index in [1.807, 2.05) is 0 Å². The third-order valence-corrected chi connectivity index (χ3v) is 2.52. The van der Waals surface area contributed by atoms with Crippen molar-refractivity contribution in [1.29, 1.82) is 0 Å². The number of rotatable bonds is 0. The molecule has 0 bridgehead atoms. The van der Waals surface area contributed by atoms with Crippen molar-refractivity contribution in [3.05, 3.63) is 43.7 Å². The molecule has 0 spiro atoms. The molecule has 71 valence electrons. The Bertz CT molecular complexity index is 235. The molecular formula is C12H19Zr. The molecule has 1 aromatic carbocycles. The van der Waals surface area contributed by atoms with Crippen LogP contribution < -0.4 is 0 Å². The Morgan fingerprint density at radius 3 is 2.38 bits per heavy atom. The SMILES string of the molecule is C[c-]1ccc2c1CCCC2.[CH3-].[CH3-].[Zr+3]. The van der Waals surface area contributed by atoms with Crippen LogP contribution in [-0.2, 0) is 39.0 Å². The number of hydrogen-bond acceptors (Lipinski definition) is 0. The van der Waals surface area contributed by atoms with Crippen LogP contribution in [-0.4, -0.2) is 0 Å². The van der Waals surface area contributed by atoms with Gasteiger partial charge in [-0.25, -0.2) is 6.07 Å². The summed E-state index contributed by atoms with van der Waals surface area (Å²) in [5.74, 6) is 0. The molecule has 0 fully saturated rings. The monoisotopic (exact) mass is 253 g/mol. The number of aryl methyl sites for hydroxylation is 2. The largest absolute Gasteiger partial charge is 3.00 e. The van der Waals surface area contributed by atoms with E-state index in [4.69, 9.17) is 0 Å². The van der Waals surface area contributed by atoms with Gasteiger partial charge in [-0.1, -0.05) is 32.6 Å². The Labute approximate surface area is 102 Å². The Hall–Kier alpha value is 0.233. The Morgan fingerprint density at radius 1 is 1.15 bits per heavy atom. The molecule has 1 aromatic rings. The summed E-state index contributed by atoms with van der Waals surface area (Å²) in [6.45, 7) is 2.23. The van der Waals surface area contributed by atoms with Crippen LogP contribution in [0.4, 0.5) is 0 Å². The molecule has 0 unspecified atom stereocenters. The third kappa shape index (κ3) is 3.13. The van der Waals surface area contributed by atoms with E-state index in [-0.39, 0.29) is 41.1 Å². The molecule has 0 aromatic heterocycles. The average molecular weight is 255 g/mol. The fourth-order valence-electron chi connectivity index (χ4n) is 1.89. The first-order valence-corrected chi connectivity index (χ1v) is 4.12. The summed E-state index contributed by atoms with van der Waals surface area (Å²) in [4.78, 5) is 0. The molecule has 1 aliphatic rings. The first kappa shape index (κ1) is 15.7. The van der Waals surface area contributed by atoms with E-state index >= 15 is 0 Å². The van der Waals surface area contributed by atoms with E-state index in [9.17, 15) is 0 Å². The van der Waals surface area contributed by atoms with Crippen molar-refractivity contribution >= 4 is 0 Å². The molecular weight excluding hydrogens is 235 g/mol. The summed E-state index contributed by atoms with van der Waals surface area (Å²) in [5.41, 5.74) is 4.77. The minimum Gasteiger partial charge on any atom is -0.358 e. The van der Waals surface area contributed by atoms with Crippen LogP contribution in [0, 0.1) is 21.8 Å². The summed E-state index contributed by atoms with van der Waals surface area (Å²) in [7, 11) is 0. The second kappa shape index (κ2) is 6.65. The molecule has 0 N–H and O–H groups in total. The van der Waals surface area contributed by atoms with E-state index in [0.29, 0.717) is 0 Å². The zero-order valence-corrected chi connectivity index (χ0v) is 11.4. The van der Waals surface area contributed by atoms with E-state index in [1.54, 1.807) is 11.1 Å². The number of fused-ring (bicyclic) bond motifs is 1. The maximum Gasteiger partial charge on any atom is 3.00 e. The summed E-state index contributed by atoms with van der Waals surface area (Å²) in [5, 5.41) is 0. The first-order valence-electron chi connectivity index (χ1n) is 4.12. The van der Waals surface area contributed by atoms with E-state index in [0.717, 1.165) is 0 Å². The van der Waals surface area contributed by atoms with E-state index in [1.165, 1.54) is 31.2 Å². The van der Waals surface area contributed by atoms with Gasteiger partial charge in [-0.3, -0.25) is 0 Å². The molecule has 13 heavy (non-hydrogen) atoms. The molecule has 0 atom stereocenters. The molecule has 2 rings (SSSR count). The van der Waals surface area contributed by atoms with Crippen molar-refractivity contribution in [2.45, 2.75) is 32.6 Å². The standard InChI is InChI=1S/C10H13.2CH3.Zr/c1-8-6-7-9-4-2-3-5-10(8)9;;;/h6-7H,2-5H2,1H3;2*1H3;/q3*-1;+3. The van der Waals surface area contributed by atoms with Crippen molar-refractivity contribution in [2.24, 2.45) is 0 Å². The molecule has 0 saturated heterocycles. The van der Waals surface area contributed by atoms with Crippen molar-refractivity contribution in [2.75, 3.05) is 0 Å². The van der Waals surface area contributed by atoms with Crippen LogP contribution in [0.5, 0.6) is 0 Å². The van der Waals surface area contributed by atoms with Crippen molar-refractivity contribution < 1.29 is 26.2 Å². The van der Waals surface area contributed by atoms with Gasteiger partial charge < -0.3 is 14.9 Å². The van der Waals surface area contributed by atoms with Crippen molar-refractivity contribution in [3.8, 4) is 0 Å². The normalized spacial score (nSPS) is 13.0. The van der Waals surface area contributed by atoms with Crippen LogP contribution in [0.1, 0.15) is 29.5 Å². The maximum atomic E-state index is 2.30. The summed E-state index contributed by atoms with van der Waals surface area (Å²) in [6.07, 6.45) is 5.45. The second-order valence-electron chi connectivity index (χ2n) is 3.23. The van der Waals surface area contributed by atoms with Crippen molar-refractivity contribution in [1.82, 2.24) is 0 Å². The maximum absolute atomic E-state index is 2.30. The van der Waals surface area contributed by atoms with E-state index in [2.05, 4.69) is 19.1 Å². The number of hydrogen-bond donors (Lipinski definition) is 0. The van der Waals surface area contributed by atoms with Crippen LogP contribution >= 0.6 is 0 Å². The summed E-state index contributed by atoms with van der Waals surface area (Å²) in [6, 6.07) is 4.56. The minimum atomic E-state index is 0. The van der Waals surface area contributed by atoms with Crippen LogP contribution in [0.3, 0.4) is 0 Å². The van der Waals surface area contributed by atoms with Gasteiger partial charge in [-0.15, -0.1) is 0 Å². The molecule has 0 saturated carbocycles. The van der Waals surface area contributed by atoms with Gasteiger partial charge in [0.1, 0.15) is 0 Å². The predicted molar refractivity (Wildman–Crippen MR) is 56.2 cm³/mol. The van der Waals surface area contributed by atoms with Gasteiger partial charge >= 0.3 is 26.2 Å². The molecule has 0 aliphatic heterocycles. The molecule has 1 heteroatoms. The van der Waals surface area contributed by atoms with Crippen LogP contribution in [0.2, 0.25) is 0 Å². The smallest absolute Gasteiger partial charge is 0.358 e. The first-order chi connectivity index (χ1) is 4.88. The summed E-state index contributed by atoms with van der Waals surface area (Å²) < 4.78 is 0. The van der Waals surface area contributed by atoms with Crippen LogP contribution in [0.15, 0.2) is 12.1 Å². The van der Waals surface area contributed by atoms with Gasteiger partial charge in [-0.2, -0.15) is 22.8 Å². The minimum absolute atomic E-state index is 0. The fraction of sp³-hybridized carbons (Fsp3) is 0.417. The van der Waals surface area contributed by atoms with Crippen LogP contribution in [0.25, 0.3) is 0 Å². The molecule has 1 radical (unpaired) electrons. The van der Waals surface area contributed by atoms with Gasteiger partial charge in [-0.05, 0) is 0 Å². The Morgan fingerprint density at radius 2 is 1.77 bits per heavy atom. The molecule has 1 aliphatic carbocycles. The van der Waals surface area contributed by atoms with Gasteiger partial charge in [0.25, 0.3) is 0 Å². The van der Waals surface area contributed by atoms with Gasteiger partial charge in [0, 0.05) is 0 Å². The molecule has 0 nitrogen and oxygen atoms in total. The summed E-state index contributed by atoms with van der Waals surface area (Å²) >= 11 is 0. The molecule has 0 heterocycles. The topological polar surface area (TPSA) is 0 Å². The average Bonchev–Trinajstić information content (AvgIpc) is 2.34. The molecule has 0 amide bonds. The zero-order chi connectivity index (χ0) is 6.97. The third-order valence-electron chi connectivity index (χ3n) is 2.52. The van der Waals surface area contributed by atoms with E-state index < -0.39 is 0 Å². The van der Waals surface area contributed by atoms with Gasteiger partial charge in [0.2, 0.25) is 0 Å². The van der Waals surface area contributed by atoms with Gasteiger partial charge in [0.05, 0.1) is 0 Å². The quantitative estimate of drug-likeness (QED) is 0.622. The fourth-order valence-corrected chi connectivity index (χ4v) is 1.89.